The van der Waals surface area contributed by atoms with E-state index >= 15 is 0 Å². The van der Waals surface area contributed by atoms with Crippen LogP contribution >= 0.6 is 0 Å². The number of imide groups is 1. The Balaban J connectivity index is 1.83. The van der Waals surface area contributed by atoms with Gasteiger partial charge in [0.25, 0.3) is 11.8 Å². The van der Waals surface area contributed by atoms with E-state index in [1.807, 2.05) is 36.4 Å². The van der Waals surface area contributed by atoms with Crippen LogP contribution in [0.4, 0.5) is 0 Å². The lowest BCUT2D eigenvalue weighted by Gasteiger charge is -2.49. The van der Waals surface area contributed by atoms with Crippen LogP contribution < -0.4 is 5.32 Å². The molecular weight excluding hydrogens is 312 g/mol. The molecule has 4 rings (SSSR count). The van der Waals surface area contributed by atoms with Crippen molar-refractivity contribution in [3.63, 3.8) is 0 Å². The smallest absolute Gasteiger partial charge is 0.261 e. The fraction of sp³-hybridized carbons (Fsp3) is 0.429. The molecule has 0 saturated carbocycles. The van der Waals surface area contributed by atoms with Crippen molar-refractivity contribution in [3.8, 4) is 0 Å². The number of hydrogen-bond acceptors (Lipinski definition) is 3. The highest BCUT2D eigenvalue weighted by Crippen LogP contribution is 2.37. The topological polar surface area (TPSA) is 49.4 Å². The van der Waals surface area contributed by atoms with Crippen molar-refractivity contribution < 1.29 is 9.59 Å². The summed E-state index contributed by atoms with van der Waals surface area (Å²) in [5.41, 5.74) is 1.02. The van der Waals surface area contributed by atoms with E-state index in [2.05, 4.69) is 33.0 Å². The first kappa shape index (κ1) is 16.3. The van der Waals surface area contributed by atoms with E-state index in [1.165, 1.54) is 4.90 Å². The normalized spacial score (nSPS) is 22.5. The van der Waals surface area contributed by atoms with Gasteiger partial charge in [-0.05, 0) is 58.1 Å². The summed E-state index contributed by atoms with van der Waals surface area (Å²) in [6.45, 7) is 8.53. The number of rotatable bonds is 1. The monoisotopic (exact) mass is 336 g/mol. The molecule has 0 radical (unpaired) electrons. The second kappa shape index (κ2) is 5.15. The predicted molar refractivity (Wildman–Crippen MR) is 98.8 cm³/mol. The van der Waals surface area contributed by atoms with Gasteiger partial charge in [-0.1, -0.05) is 24.3 Å². The average Bonchev–Trinajstić information content (AvgIpc) is 2.49. The van der Waals surface area contributed by atoms with Gasteiger partial charge in [0.15, 0.2) is 0 Å². The van der Waals surface area contributed by atoms with Gasteiger partial charge >= 0.3 is 0 Å². The molecule has 2 aliphatic heterocycles. The Labute approximate surface area is 148 Å². The Morgan fingerprint density at radius 1 is 0.880 bits per heavy atom. The van der Waals surface area contributed by atoms with Gasteiger partial charge in [0, 0.05) is 33.6 Å². The number of carbonyl (C=O) groups is 2. The van der Waals surface area contributed by atoms with Crippen molar-refractivity contribution in [3.05, 3.63) is 47.5 Å². The van der Waals surface area contributed by atoms with Crippen LogP contribution in [0.3, 0.4) is 0 Å². The average molecular weight is 336 g/mol. The third-order valence-electron chi connectivity index (χ3n) is 5.34. The van der Waals surface area contributed by atoms with Gasteiger partial charge in [-0.2, -0.15) is 0 Å². The number of benzene rings is 2. The molecule has 0 bridgehead atoms. The van der Waals surface area contributed by atoms with E-state index in [-0.39, 0.29) is 28.9 Å². The van der Waals surface area contributed by atoms with E-state index in [1.54, 1.807) is 0 Å². The van der Waals surface area contributed by atoms with Crippen molar-refractivity contribution in [2.45, 2.75) is 57.7 Å². The minimum absolute atomic E-state index is 0.102. The molecule has 1 saturated heterocycles. The summed E-state index contributed by atoms with van der Waals surface area (Å²) in [6.07, 6.45) is 1.51. The number of piperidine rings is 1. The molecule has 0 atom stereocenters. The van der Waals surface area contributed by atoms with Gasteiger partial charge < -0.3 is 5.32 Å². The van der Waals surface area contributed by atoms with Crippen LogP contribution in [0.1, 0.15) is 61.3 Å². The first-order valence-electron chi connectivity index (χ1n) is 8.88. The van der Waals surface area contributed by atoms with Crippen molar-refractivity contribution >= 4 is 22.6 Å². The third-order valence-corrected chi connectivity index (χ3v) is 5.34. The Morgan fingerprint density at radius 3 is 1.84 bits per heavy atom. The third kappa shape index (κ3) is 2.56. The first-order chi connectivity index (χ1) is 11.7. The number of carbonyl (C=O) groups excluding carboxylic acids is 2. The van der Waals surface area contributed by atoms with Gasteiger partial charge in [-0.3, -0.25) is 14.5 Å². The molecule has 2 aromatic rings. The molecule has 2 amide bonds. The summed E-state index contributed by atoms with van der Waals surface area (Å²) in [6, 6.07) is 11.3. The molecule has 130 valence electrons. The molecule has 2 aliphatic rings. The molecule has 1 N–H and O–H groups in total. The summed E-state index contributed by atoms with van der Waals surface area (Å²) in [5, 5.41) is 5.36. The lowest BCUT2D eigenvalue weighted by Crippen LogP contribution is -2.63. The fourth-order valence-electron chi connectivity index (χ4n) is 4.83. The highest BCUT2D eigenvalue weighted by Gasteiger charge is 2.45. The van der Waals surface area contributed by atoms with Crippen molar-refractivity contribution in [2.75, 3.05) is 0 Å². The number of amides is 2. The summed E-state index contributed by atoms with van der Waals surface area (Å²) in [4.78, 5) is 28.0. The molecule has 0 spiro atoms. The Kier molecular flexibility index (Phi) is 3.35. The maximum atomic E-state index is 13.2. The van der Waals surface area contributed by atoms with Gasteiger partial charge in [-0.15, -0.1) is 0 Å². The second-order valence-corrected chi connectivity index (χ2v) is 8.64. The largest absolute Gasteiger partial charge is 0.307 e. The Bertz CT molecular complexity index is 831. The zero-order valence-corrected chi connectivity index (χ0v) is 15.2. The summed E-state index contributed by atoms with van der Waals surface area (Å²) in [5.74, 6) is -0.319. The fourth-order valence-corrected chi connectivity index (χ4v) is 4.83. The van der Waals surface area contributed by atoms with E-state index in [0.717, 1.165) is 23.6 Å². The minimum Gasteiger partial charge on any atom is -0.307 e. The zero-order valence-electron chi connectivity index (χ0n) is 15.2. The van der Waals surface area contributed by atoms with Crippen LogP contribution in [-0.2, 0) is 0 Å². The summed E-state index contributed by atoms with van der Waals surface area (Å²) >= 11 is 0. The zero-order chi connectivity index (χ0) is 18.0. The van der Waals surface area contributed by atoms with Crippen LogP contribution in [0.15, 0.2) is 36.4 Å². The quantitative estimate of drug-likeness (QED) is 0.807. The number of nitrogens with zero attached hydrogens (tertiary/aromatic N) is 1. The molecule has 0 aliphatic carbocycles. The van der Waals surface area contributed by atoms with Crippen LogP contribution in [0.25, 0.3) is 10.8 Å². The summed E-state index contributed by atoms with van der Waals surface area (Å²) in [7, 11) is 0. The van der Waals surface area contributed by atoms with Gasteiger partial charge in [-0.25, -0.2) is 0 Å². The molecule has 0 aromatic heterocycles. The standard InChI is InChI=1S/C21H24N2O2/c1-20(2)11-14(12-21(3,4)22-20)23-18(24)15-9-5-7-13-8-6-10-16(17(13)15)19(23)25/h5-10,14,22H,11-12H2,1-4H3. The SMILES string of the molecule is CC1(C)CC(N2C(=O)c3cccc4cccc(c34)C2=O)CC(C)(C)N1. The van der Waals surface area contributed by atoms with Gasteiger partial charge in [0.05, 0.1) is 0 Å². The van der Waals surface area contributed by atoms with E-state index in [4.69, 9.17) is 0 Å². The molecule has 4 nitrogen and oxygen atoms in total. The van der Waals surface area contributed by atoms with Crippen molar-refractivity contribution in [2.24, 2.45) is 0 Å². The molecule has 2 heterocycles. The molecule has 25 heavy (non-hydrogen) atoms. The number of hydrogen-bond donors (Lipinski definition) is 1. The maximum Gasteiger partial charge on any atom is 0.261 e. The second-order valence-electron chi connectivity index (χ2n) is 8.64. The Hall–Kier alpha value is -2.20. The highest BCUT2D eigenvalue weighted by atomic mass is 16.2. The van der Waals surface area contributed by atoms with Crippen LogP contribution in [0.5, 0.6) is 0 Å². The van der Waals surface area contributed by atoms with Crippen molar-refractivity contribution in [1.82, 2.24) is 10.2 Å². The van der Waals surface area contributed by atoms with Crippen LogP contribution in [0.2, 0.25) is 0 Å². The maximum absolute atomic E-state index is 13.2. The van der Waals surface area contributed by atoms with Crippen LogP contribution in [0, 0.1) is 0 Å². The molecule has 4 heteroatoms. The molecule has 2 aromatic carbocycles. The van der Waals surface area contributed by atoms with E-state index < -0.39 is 0 Å². The molecular formula is C21H24N2O2. The summed E-state index contributed by atoms with van der Waals surface area (Å²) < 4.78 is 0. The predicted octanol–water partition coefficient (Wildman–Crippen LogP) is 3.75. The Morgan fingerprint density at radius 2 is 1.36 bits per heavy atom. The number of nitrogens with one attached hydrogen (secondary N) is 1. The minimum atomic E-state index is -0.159. The lowest BCUT2D eigenvalue weighted by atomic mass is 9.78. The highest BCUT2D eigenvalue weighted by molar-refractivity contribution is 6.25. The lowest BCUT2D eigenvalue weighted by molar-refractivity contribution is 0.0370. The van der Waals surface area contributed by atoms with Crippen molar-refractivity contribution in [1.29, 1.82) is 0 Å². The molecule has 1 fully saturated rings. The molecule has 0 unspecified atom stereocenters. The van der Waals surface area contributed by atoms with Crippen LogP contribution in [-0.4, -0.2) is 33.8 Å². The van der Waals surface area contributed by atoms with Gasteiger partial charge in [0.2, 0.25) is 0 Å². The van der Waals surface area contributed by atoms with Gasteiger partial charge in [0.1, 0.15) is 0 Å². The van der Waals surface area contributed by atoms with E-state index in [9.17, 15) is 9.59 Å². The van der Waals surface area contributed by atoms with E-state index in [0.29, 0.717) is 11.1 Å². The first-order valence-corrected chi connectivity index (χ1v) is 8.88.